The van der Waals surface area contributed by atoms with Crippen molar-refractivity contribution in [2.24, 2.45) is 0 Å². The predicted octanol–water partition coefficient (Wildman–Crippen LogP) is 18.2. The van der Waals surface area contributed by atoms with Gasteiger partial charge in [0.05, 0.1) is 22.3 Å². The number of pyridine rings is 1. The summed E-state index contributed by atoms with van der Waals surface area (Å²) in [6, 6.07) is 51.5. The molecule has 0 aliphatic rings. The third-order valence-electron chi connectivity index (χ3n) is 13.5. The van der Waals surface area contributed by atoms with Crippen LogP contribution in [-0.4, -0.2) is 19.6 Å². The van der Waals surface area contributed by atoms with Crippen molar-refractivity contribution >= 4 is 11.0 Å². The SMILES string of the molecule is [2H]C([2H])([2H])c1cc(-c2cc(C([2H])(C)C)cc(C([2H])(C)C)c2)ccc1-n1c(-c2cc(C(C)(C)C)cc(C(C)(C)C)c2O)nc2c(-c3[c-]c(-c4cc(-c5ccc(C([2H])(C)C)cc5)ccn4)cc(-c4ccccc4)c3)cccc21.[Pt]. The molecular formula is C66H68N3OPt-. The molecule has 2 heterocycles. The minimum atomic E-state index is -2.62. The number of phenolic OH excluding ortho intramolecular Hbond substituents is 1. The van der Waals surface area contributed by atoms with Crippen LogP contribution in [0.15, 0.2) is 152 Å². The average molecular weight is 1120 g/mol. The molecule has 0 fully saturated rings. The van der Waals surface area contributed by atoms with Crippen molar-refractivity contribution < 1.29 is 34.4 Å². The van der Waals surface area contributed by atoms with Gasteiger partial charge in [0, 0.05) is 46.7 Å². The Morgan fingerprint density at radius 1 is 0.563 bits per heavy atom. The number of nitrogens with zero attached hydrogens (tertiary/aromatic N) is 3. The first kappa shape index (κ1) is 43.4. The van der Waals surface area contributed by atoms with Crippen LogP contribution in [0.2, 0.25) is 0 Å². The molecule has 0 aliphatic carbocycles. The predicted molar refractivity (Wildman–Crippen MR) is 296 cm³/mol. The Bertz CT molecular complexity index is 3630. The number of phenols is 1. The van der Waals surface area contributed by atoms with E-state index in [2.05, 4.69) is 84.0 Å². The zero-order valence-corrected chi connectivity index (χ0v) is 45.3. The summed E-state index contributed by atoms with van der Waals surface area (Å²) < 4.78 is 55.9. The van der Waals surface area contributed by atoms with Crippen molar-refractivity contribution in [2.75, 3.05) is 0 Å². The maximum Gasteiger partial charge on any atom is 0.148 e. The molecule has 71 heavy (non-hydrogen) atoms. The zero-order chi connectivity index (χ0) is 55.1. The molecule has 5 heteroatoms. The number of benzene rings is 7. The fourth-order valence-corrected chi connectivity index (χ4v) is 9.24. The Morgan fingerprint density at radius 3 is 1.82 bits per heavy atom. The Kier molecular flexibility index (Phi) is 12.3. The summed E-state index contributed by atoms with van der Waals surface area (Å²) in [5.41, 5.74) is 13.6. The molecule has 0 saturated carbocycles. The van der Waals surface area contributed by atoms with Crippen LogP contribution in [0.4, 0.5) is 0 Å². The van der Waals surface area contributed by atoms with Gasteiger partial charge in [-0.3, -0.25) is 9.55 Å². The van der Waals surface area contributed by atoms with Gasteiger partial charge in [-0.25, -0.2) is 4.98 Å². The molecule has 2 aromatic heterocycles. The van der Waals surface area contributed by atoms with Gasteiger partial charge in [0.25, 0.3) is 0 Å². The van der Waals surface area contributed by atoms with Crippen LogP contribution in [0.3, 0.4) is 0 Å². The Balaban J connectivity index is 0.00000784. The summed E-state index contributed by atoms with van der Waals surface area (Å²) in [6.45, 7) is 21.0. The second-order valence-corrected chi connectivity index (χ2v) is 21.5. The first-order chi connectivity index (χ1) is 35.4. The third-order valence-corrected chi connectivity index (χ3v) is 13.5. The topological polar surface area (TPSA) is 50.9 Å². The number of aryl methyl sites for hydroxylation is 1. The first-order valence-electron chi connectivity index (χ1n) is 27.3. The Labute approximate surface area is 446 Å². The van der Waals surface area contributed by atoms with E-state index in [0.29, 0.717) is 39.2 Å². The quantitative estimate of drug-likeness (QED) is 0.139. The first-order valence-corrected chi connectivity index (χ1v) is 24.3. The average Bonchev–Trinajstić information content (AvgIpc) is 3.74. The Hall–Kier alpha value is -6.35. The van der Waals surface area contributed by atoms with Gasteiger partial charge in [0.1, 0.15) is 11.6 Å². The van der Waals surface area contributed by atoms with E-state index in [0.717, 1.165) is 72.5 Å². The van der Waals surface area contributed by atoms with E-state index in [1.807, 2.05) is 155 Å². The second-order valence-electron chi connectivity index (χ2n) is 21.5. The summed E-state index contributed by atoms with van der Waals surface area (Å²) in [4.78, 5) is 10.4. The van der Waals surface area contributed by atoms with Crippen molar-refractivity contribution in [3.63, 3.8) is 0 Å². The third kappa shape index (κ3) is 10.4. The maximum atomic E-state index is 12.6. The van der Waals surface area contributed by atoms with Gasteiger partial charge < -0.3 is 5.11 Å². The molecule has 0 amide bonds. The van der Waals surface area contributed by atoms with Gasteiger partial charge >= 0.3 is 0 Å². The molecule has 0 spiro atoms. The van der Waals surface area contributed by atoms with Crippen LogP contribution >= 0.6 is 0 Å². The molecule has 0 aliphatic heterocycles. The number of para-hydroxylation sites is 1. The number of imidazole rings is 1. The number of rotatable bonds is 10. The van der Waals surface area contributed by atoms with E-state index in [1.165, 1.54) is 0 Å². The van der Waals surface area contributed by atoms with Crippen LogP contribution in [0.5, 0.6) is 5.75 Å². The molecule has 0 atom stereocenters. The zero-order valence-electron chi connectivity index (χ0n) is 49.0. The normalized spacial score (nSPS) is 13.9. The fourth-order valence-electron chi connectivity index (χ4n) is 9.24. The van der Waals surface area contributed by atoms with Crippen molar-refractivity contribution in [3.8, 4) is 78.6 Å². The number of aromatic hydroxyl groups is 1. The summed E-state index contributed by atoms with van der Waals surface area (Å²) in [5, 5.41) is 12.6. The summed E-state index contributed by atoms with van der Waals surface area (Å²) >= 11 is 0. The molecule has 7 aromatic carbocycles. The number of aromatic nitrogens is 3. The van der Waals surface area contributed by atoms with Gasteiger partial charge in [-0.1, -0.05) is 203 Å². The fraction of sp³-hybridized carbons (Fsp3) is 0.273. The number of hydrogen-bond donors (Lipinski definition) is 1. The van der Waals surface area contributed by atoms with Gasteiger partial charge in [0.2, 0.25) is 0 Å². The maximum absolute atomic E-state index is 12.6. The molecule has 9 aromatic rings. The van der Waals surface area contributed by atoms with E-state index in [4.69, 9.17) is 14.1 Å². The van der Waals surface area contributed by atoms with E-state index in [9.17, 15) is 9.22 Å². The summed E-state index contributed by atoms with van der Waals surface area (Å²) in [6.07, 6.45) is 1.81. The minimum Gasteiger partial charge on any atom is -0.507 e. The summed E-state index contributed by atoms with van der Waals surface area (Å²) in [5.74, 6) is -2.24. The molecule has 1 N–H and O–H groups in total. The van der Waals surface area contributed by atoms with Crippen molar-refractivity contribution in [1.82, 2.24) is 14.5 Å². The van der Waals surface area contributed by atoms with E-state index in [-0.39, 0.29) is 37.8 Å². The van der Waals surface area contributed by atoms with Gasteiger partial charge in [-0.05, 0) is 121 Å². The number of hydrogen-bond acceptors (Lipinski definition) is 3. The van der Waals surface area contributed by atoms with E-state index < -0.39 is 29.9 Å². The van der Waals surface area contributed by atoms with Crippen LogP contribution in [0.25, 0.3) is 83.9 Å². The van der Waals surface area contributed by atoms with Gasteiger partial charge in [-0.15, -0.1) is 23.8 Å². The smallest absolute Gasteiger partial charge is 0.148 e. The van der Waals surface area contributed by atoms with Crippen LogP contribution in [0, 0.1) is 12.9 Å². The monoisotopic (exact) mass is 1120 g/mol. The van der Waals surface area contributed by atoms with Crippen molar-refractivity contribution in [3.05, 3.63) is 191 Å². The summed E-state index contributed by atoms with van der Waals surface area (Å²) in [7, 11) is 0. The Morgan fingerprint density at radius 2 is 1.18 bits per heavy atom. The van der Waals surface area contributed by atoms with Crippen LogP contribution < -0.4 is 0 Å². The van der Waals surface area contributed by atoms with Crippen molar-refractivity contribution in [2.45, 2.75) is 118 Å². The van der Waals surface area contributed by atoms with E-state index in [1.54, 1.807) is 6.07 Å². The minimum absolute atomic E-state index is 0. The molecule has 364 valence electrons. The van der Waals surface area contributed by atoms with Crippen LogP contribution in [-0.2, 0) is 31.9 Å². The largest absolute Gasteiger partial charge is 0.507 e. The molecule has 4 nitrogen and oxygen atoms in total. The van der Waals surface area contributed by atoms with Gasteiger partial charge in [-0.2, -0.15) is 0 Å². The van der Waals surface area contributed by atoms with E-state index >= 15 is 0 Å². The molecular weight excluding hydrogens is 1050 g/mol. The number of fused-ring (bicyclic) bond motifs is 1. The molecule has 0 bridgehead atoms. The van der Waals surface area contributed by atoms with Gasteiger partial charge in [0.15, 0.2) is 0 Å². The van der Waals surface area contributed by atoms with Crippen molar-refractivity contribution in [1.29, 1.82) is 0 Å². The molecule has 0 radical (unpaired) electrons. The second kappa shape index (κ2) is 20.0. The molecule has 0 saturated heterocycles. The molecule has 9 rings (SSSR count). The van der Waals surface area contributed by atoms with Crippen LogP contribution in [0.1, 0.15) is 142 Å². The molecule has 0 unspecified atom stereocenters. The standard InChI is InChI=1S/C66H68N3O.Pt/c1-40(2)44-22-24-46(25-23-44)48-28-29-67-59(37-48)54-35-51(45-18-15-14-16-19-45)34-53(36-54)56-20-17-21-61-62(56)68-64(57-38-55(65(8,9)10)39-58(63(57)70)66(11,12)13)69(61)60-27-26-47(30-43(60)7)52-32-49(41(3)4)31-50(33-52)42(5)6;/h14-35,37-42,70H,1-13H3;/q-1;/i7D3,40D,41D,42D;.